The topological polar surface area (TPSA) is 48.1 Å². The first-order valence-electron chi connectivity index (χ1n) is 5.59. The van der Waals surface area contributed by atoms with Crippen molar-refractivity contribution in [3.63, 3.8) is 0 Å². The third kappa shape index (κ3) is 2.93. The number of hydrogen-bond donors (Lipinski definition) is 1. The maximum Gasteiger partial charge on any atom is 0.123 e. The molecule has 0 unspecified atom stereocenters. The Morgan fingerprint density at radius 3 is 2.80 bits per heavy atom. The Hall–Kier alpha value is -1.09. The predicted octanol–water partition coefficient (Wildman–Crippen LogP) is 2.43. The van der Waals surface area contributed by atoms with Crippen LogP contribution >= 0.6 is 0 Å². The molecule has 1 saturated carbocycles. The van der Waals surface area contributed by atoms with Gasteiger partial charge in [0.15, 0.2) is 0 Å². The highest BCUT2D eigenvalue weighted by Crippen LogP contribution is 2.22. The van der Waals surface area contributed by atoms with Gasteiger partial charge < -0.3 is 10.5 Å². The lowest BCUT2D eigenvalue weighted by Crippen LogP contribution is -2.07. The molecular formula is C12H18N2O. The fourth-order valence-electron chi connectivity index (χ4n) is 2.12. The van der Waals surface area contributed by atoms with Crippen molar-refractivity contribution in [2.24, 2.45) is 0 Å². The highest BCUT2D eigenvalue weighted by atomic mass is 16.5. The third-order valence-corrected chi connectivity index (χ3v) is 2.82. The average Bonchev–Trinajstić information content (AvgIpc) is 2.65. The van der Waals surface area contributed by atoms with Crippen molar-refractivity contribution in [1.29, 1.82) is 0 Å². The van der Waals surface area contributed by atoms with E-state index in [1.807, 2.05) is 19.1 Å². The standard InChI is InChI=1S/C12H18N2O/c1-9-6-10(7-12(13)14-9)8-15-11-4-2-3-5-11/h6-7,11H,2-5,8H2,1H3,(H2,13,14). The van der Waals surface area contributed by atoms with E-state index in [1.54, 1.807) is 0 Å². The number of pyridine rings is 1. The Morgan fingerprint density at radius 1 is 1.40 bits per heavy atom. The van der Waals surface area contributed by atoms with E-state index in [9.17, 15) is 0 Å². The minimum atomic E-state index is 0.458. The van der Waals surface area contributed by atoms with Crippen LogP contribution in [0.1, 0.15) is 36.9 Å². The molecule has 1 aliphatic rings. The number of ether oxygens (including phenoxy) is 1. The van der Waals surface area contributed by atoms with Gasteiger partial charge in [-0.25, -0.2) is 4.98 Å². The summed E-state index contributed by atoms with van der Waals surface area (Å²) in [4.78, 5) is 4.14. The second-order valence-electron chi connectivity index (χ2n) is 4.26. The molecule has 0 aliphatic heterocycles. The Kier molecular flexibility index (Phi) is 3.21. The zero-order chi connectivity index (χ0) is 10.7. The van der Waals surface area contributed by atoms with E-state index in [1.165, 1.54) is 25.7 Å². The molecule has 0 bridgehead atoms. The third-order valence-electron chi connectivity index (χ3n) is 2.82. The Balaban J connectivity index is 1.92. The lowest BCUT2D eigenvalue weighted by atomic mass is 10.2. The molecule has 3 nitrogen and oxygen atoms in total. The van der Waals surface area contributed by atoms with Gasteiger partial charge in [-0.1, -0.05) is 12.8 Å². The van der Waals surface area contributed by atoms with Crippen LogP contribution in [0.3, 0.4) is 0 Å². The van der Waals surface area contributed by atoms with E-state index < -0.39 is 0 Å². The summed E-state index contributed by atoms with van der Waals surface area (Å²) in [5.74, 6) is 0.583. The van der Waals surface area contributed by atoms with Crippen LogP contribution in [0.2, 0.25) is 0 Å². The van der Waals surface area contributed by atoms with Crippen LogP contribution in [0.25, 0.3) is 0 Å². The molecule has 82 valence electrons. The summed E-state index contributed by atoms with van der Waals surface area (Å²) >= 11 is 0. The first-order valence-corrected chi connectivity index (χ1v) is 5.59. The molecule has 1 aliphatic carbocycles. The van der Waals surface area contributed by atoms with Crippen LogP contribution in [0.15, 0.2) is 12.1 Å². The molecule has 0 saturated heterocycles. The molecule has 15 heavy (non-hydrogen) atoms. The zero-order valence-electron chi connectivity index (χ0n) is 9.20. The van der Waals surface area contributed by atoms with Gasteiger partial charge in [-0.05, 0) is 37.5 Å². The smallest absolute Gasteiger partial charge is 0.123 e. The summed E-state index contributed by atoms with van der Waals surface area (Å²) in [6, 6.07) is 3.92. The van der Waals surface area contributed by atoms with Crippen LogP contribution in [0.5, 0.6) is 0 Å². The predicted molar refractivity (Wildman–Crippen MR) is 60.4 cm³/mol. The molecule has 0 aromatic carbocycles. The minimum Gasteiger partial charge on any atom is -0.384 e. The Bertz CT molecular complexity index is 312. The van der Waals surface area contributed by atoms with Gasteiger partial charge in [-0.15, -0.1) is 0 Å². The molecule has 0 atom stereocenters. The lowest BCUT2D eigenvalue weighted by Gasteiger charge is -2.11. The highest BCUT2D eigenvalue weighted by Gasteiger charge is 2.15. The lowest BCUT2D eigenvalue weighted by molar-refractivity contribution is 0.0456. The number of nitrogens with zero attached hydrogens (tertiary/aromatic N) is 1. The number of aryl methyl sites for hydroxylation is 1. The fourth-order valence-corrected chi connectivity index (χ4v) is 2.12. The number of nitrogens with two attached hydrogens (primary N) is 1. The van der Waals surface area contributed by atoms with E-state index in [2.05, 4.69) is 4.98 Å². The molecule has 0 radical (unpaired) electrons. The normalized spacial score (nSPS) is 17.1. The summed E-state index contributed by atoms with van der Waals surface area (Å²) in [5, 5.41) is 0. The number of aromatic nitrogens is 1. The van der Waals surface area contributed by atoms with Crippen LogP contribution in [0.4, 0.5) is 5.82 Å². The summed E-state index contributed by atoms with van der Waals surface area (Å²) < 4.78 is 5.82. The van der Waals surface area contributed by atoms with Crippen molar-refractivity contribution in [3.05, 3.63) is 23.4 Å². The van der Waals surface area contributed by atoms with Crippen LogP contribution in [-0.2, 0) is 11.3 Å². The fraction of sp³-hybridized carbons (Fsp3) is 0.583. The quantitative estimate of drug-likeness (QED) is 0.826. The SMILES string of the molecule is Cc1cc(COC2CCCC2)cc(N)n1. The van der Waals surface area contributed by atoms with Gasteiger partial charge in [-0.3, -0.25) is 0 Å². The summed E-state index contributed by atoms with van der Waals surface area (Å²) in [7, 11) is 0. The van der Waals surface area contributed by atoms with E-state index in [0.29, 0.717) is 18.5 Å². The van der Waals surface area contributed by atoms with Crippen molar-refractivity contribution >= 4 is 5.82 Å². The molecule has 1 heterocycles. The summed E-state index contributed by atoms with van der Waals surface area (Å²) in [5.41, 5.74) is 7.77. The van der Waals surface area contributed by atoms with Gasteiger partial charge in [0.1, 0.15) is 5.82 Å². The Labute approximate surface area is 90.7 Å². The first kappa shape index (κ1) is 10.4. The average molecular weight is 206 g/mol. The molecule has 1 aromatic heterocycles. The molecule has 0 spiro atoms. The Morgan fingerprint density at radius 2 is 2.13 bits per heavy atom. The van der Waals surface area contributed by atoms with Gasteiger partial charge in [0.25, 0.3) is 0 Å². The van der Waals surface area contributed by atoms with Crippen molar-refractivity contribution in [2.75, 3.05) is 5.73 Å². The molecule has 0 amide bonds. The summed E-state index contributed by atoms with van der Waals surface area (Å²) in [6.45, 7) is 2.62. The van der Waals surface area contributed by atoms with Gasteiger partial charge in [-0.2, -0.15) is 0 Å². The molecule has 1 fully saturated rings. The number of rotatable bonds is 3. The maximum absolute atomic E-state index is 5.82. The number of hydrogen-bond acceptors (Lipinski definition) is 3. The first-order chi connectivity index (χ1) is 7.24. The van der Waals surface area contributed by atoms with Crippen LogP contribution in [-0.4, -0.2) is 11.1 Å². The summed E-state index contributed by atoms with van der Waals surface area (Å²) in [6.07, 6.45) is 5.49. The molecule has 2 N–H and O–H groups in total. The monoisotopic (exact) mass is 206 g/mol. The minimum absolute atomic E-state index is 0.458. The van der Waals surface area contributed by atoms with Gasteiger partial charge >= 0.3 is 0 Å². The molecule has 1 aromatic rings. The van der Waals surface area contributed by atoms with Gasteiger partial charge in [0.05, 0.1) is 12.7 Å². The van der Waals surface area contributed by atoms with Gasteiger partial charge in [0.2, 0.25) is 0 Å². The molecular weight excluding hydrogens is 188 g/mol. The van der Waals surface area contributed by atoms with Gasteiger partial charge in [0, 0.05) is 5.69 Å². The highest BCUT2D eigenvalue weighted by molar-refractivity contribution is 5.34. The van der Waals surface area contributed by atoms with E-state index in [0.717, 1.165) is 11.3 Å². The maximum atomic E-state index is 5.82. The molecule has 3 heteroatoms. The van der Waals surface area contributed by atoms with E-state index in [4.69, 9.17) is 10.5 Å². The second kappa shape index (κ2) is 4.62. The van der Waals surface area contributed by atoms with Crippen molar-refractivity contribution in [3.8, 4) is 0 Å². The molecule has 2 rings (SSSR count). The zero-order valence-corrected chi connectivity index (χ0v) is 9.20. The second-order valence-corrected chi connectivity index (χ2v) is 4.26. The largest absolute Gasteiger partial charge is 0.384 e. The van der Waals surface area contributed by atoms with E-state index >= 15 is 0 Å². The van der Waals surface area contributed by atoms with Crippen molar-refractivity contribution < 1.29 is 4.74 Å². The number of nitrogen functional groups attached to an aromatic ring is 1. The van der Waals surface area contributed by atoms with Crippen LogP contribution in [0, 0.1) is 6.92 Å². The van der Waals surface area contributed by atoms with Crippen LogP contribution < -0.4 is 5.73 Å². The van der Waals surface area contributed by atoms with Crippen molar-refractivity contribution in [1.82, 2.24) is 4.98 Å². The van der Waals surface area contributed by atoms with Crippen molar-refractivity contribution in [2.45, 2.75) is 45.3 Å². The van der Waals surface area contributed by atoms with E-state index in [-0.39, 0.29) is 0 Å². The number of anilines is 1.